The van der Waals surface area contributed by atoms with Gasteiger partial charge in [-0.2, -0.15) is 0 Å². The summed E-state index contributed by atoms with van der Waals surface area (Å²) in [7, 11) is 0. The van der Waals surface area contributed by atoms with Gasteiger partial charge < -0.3 is 10.4 Å². The fraction of sp³-hybridized carbons (Fsp3) is 0.692. The van der Waals surface area contributed by atoms with Crippen LogP contribution in [0.1, 0.15) is 32.1 Å². The number of thiophene rings is 1. The molecule has 1 rings (SSSR count). The van der Waals surface area contributed by atoms with Crippen molar-refractivity contribution >= 4 is 11.3 Å². The maximum absolute atomic E-state index is 9.78. The van der Waals surface area contributed by atoms with Crippen LogP contribution in [-0.4, -0.2) is 24.3 Å². The molecule has 2 N–H and O–H groups in total. The molecule has 3 heteroatoms. The Balaban J connectivity index is 2.07. The third-order valence-corrected chi connectivity index (χ3v) is 3.29. The van der Waals surface area contributed by atoms with Gasteiger partial charge in [-0.25, -0.2) is 0 Å². The molecule has 1 aromatic rings. The zero-order valence-electron chi connectivity index (χ0n) is 10.5. The van der Waals surface area contributed by atoms with Crippen LogP contribution in [0.4, 0.5) is 0 Å². The summed E-state index contributed by atoms with van der Waals surface area (Å²) in [4.78, 5) is 1.40. The number of nitrogens with one attached hydrogen (secondary N) is 1. The first-order valence-corrected chi connectivity index (χ1v) is 6.76. The predicted molar refractivity (Wildman–Crippen MR) is 71.0 cm³/mol. The van der Waals surface area contributed by atoms with Crippen LogP contribution < -0.4 is 5.32 Å². The molecule has 0 spiro atoms. The van der Waals surface area contributed by atoms with Crippen molar-refractivity contribution in [2.75, 3.05) is 13.1 Å². The maximum Gasteiger partial charge on any atom is 0.0669 e. The van der Waals surface area contributed by atoms with E-state index >= 15 is 0 Å². The molecule has 0 fully saturated rings. The highest BCUT2D eigenvalue weighted by atomic mass is 32.1. The minimum Gasteiger partial charge on any atom is -0.392 e. The van der Waals surface area contributed by atoms with Gasteiger partial charge in [0, 0.05) is 18.0 Å². The van der Waals surface area contributed by atoms with Gasteiger partial charge in [0.25, 0.3) is 0 Å². The van der Waals surface area contributed by atoms with Gasteiger partial charge in [0.15, 0.2) is 0 Å². The fourth-order valence-electron chi connectivity index (χ4n) is 1.71. The third kappa shape index (κ3) is 6.26. The highest BCUT2D eigenvalue weighted by Crippen LogP contribution is 2.20. The predicted octanol–water partition coefficient (Wildman–Crippen LogP) is 2.68. The topological polar surface area (TPSA) is 32.3 Å². The molecule has 0 saturated heterocycles. The molecule has 2 nitrogen and oxygen atoms in total. The summed E-state index contributed by atoms with van der Waals surface area (Å²) in [6, 6.07) is 4.23. The van der Waals surface area contributed by atoms with Crippen LogP contribution in [0.15, 0.2) is 17.5 Å². The lowest BCUT2D eigenvalue weighted by Crippen LogP contribution is -2.31. The summed E-state index contributed by atoms with van der Waals surface area (Å²) in [5.41, 5.74) is 0.203. The van der Waals surface area contributed by atoms with Crippen LogP contribution in [0.5, 0.6) is 0 Å². The Kier molecular flexibility index (Phi) is 5.46. The number of hydrogen-bond donors (Lipinski definition) is 2. The van der Waals surface area contributed by atoms with E-state index in [4.69, 9.17) is 0 Å². The van der Waals surface area contributed by atoms with E-state index in [0.717, 1.165) is 19.4 Å². The largest absolute Gasteiger partial charge is 0.392 e. The highest BCUT2D eigenvalue weighted by molar-refractivity contribution is 7.09. The van der Waals surface area contributed by atoms with Crippen LogP contribution >= 0.6 is 11.3 Å². The summed E-state index contributed by atoms with van der Waals surface area (Å²) in [5.74, 6) is 0. The van der Waals surface area contributed by atoms with Gasteiger partial charge >= 0.3 is 0 Å². The molecule has 92 valence electrons. The van der Waals surface area contributed by atoms with Gasteiger partial charge in [-0.05, 0) is 29.7 Å². The van der Waals surface area contributed by atoms with E-state index in [-0.39, 0.29) is 11.5 Å². The minimum absolute atomic E-state index is 0.203. The quantitative estimate of drug-likeness (QED) is 0.751. The van der Waals surface area contributed by atoms with Gasteiger partial charge in [-0.1, -0.05) is 26.8 Å². The number of aliphatic hydroxyl groups excluding tert-OH is 1. The van der Waals surface area contributed by atoms with Crippen molar-refractivity contribution in [3.05, 3.63) is 22.4 Å². The molecular formula is C13H23NOS. The van der Waals surface area contributed by atoms with E-state index in [9.17, 15) is 5.11 Å². The van der Waals surface area contributed by atoms with Crippen molar-refractivity contribution < 1.29 is 5.11 Å². The fourth-order valence-corrected chi connectivity index (χ4v) is 2.42. The Morgan fingerprint density at radius 1 is 1.44 bits per heavy atom. The second-order valence-corrected chi connectivity index (χ2v) is 6.48. The minimum atomic E-state index is -0.233. The lowest BCUT2D eigenvalue weighted by Gasteiger charge is -2.22. The Bertz CT molecular complexity index is 277. The van der Waals surface area contributed by atoms with Gasteiger partial charge in [0.2, 0.25) is 0 Å². The molecule has 0 radical (unpaired) electrons. The van der Waals surface area contributed by atoms with Crippen molar-refractivity contribution in [2.45, 2.75) is 39.7 Å². The van der Waals surface area contributed by atoms with Gasteiger partial charge in [-0.15, -0.1) is 11.3 Å². The molecular weight excluding hydrogens is 218 g/mol. The molecule has 0 amide bonds. The monoisotopic (exact) mass is 241 g/mol. The lowest BCUT2D eigenvalue weighted by atomic mass is 9.89. The van der Waals surface area contributed by atoms with Crippen LogP contribution in [0.2, 0.25) is 0 Å². The van der Waals surface area contributed by atoms with Crippen molar-refractivity contribution in [2.24, 2.45) is 5.41 Å². The Morgan fingerprint density at radius 2 is 2.19 bits per heavy atom. The van der Waals surface area contributed by atoms with Crippen LogP contribution in [0.3, 0.4) is 0 Å². The zero-order chi connectivity index (χ0) is 12.0. The second-order valence-electron chi connectivity index (χ2n) is 5.45. The first-order chi connectivity index (χ1) is 7.47. The normalized spacial score (nSPS) is 14.0. The van der Waals surface area contributed by atoms with E-state index < -0.39 is 0 Å². The highest BCUT2D eigenvalue weighted by Gasteiger charge is 2.15. The average Bonchev–Trinajstić information content (AvgIpc) is 2.62. The molecule has 0 aliphatic rings. The number of hydrogen-bond acceptors (Lipinski definition) is 3. The van der Waals surface area contributed by atoms with E-state index in [1.165, 1.54) is 4.88 Å². The summed E-state index contributed by atoms with van der Waals surface area (Å²) < 4.78 is 0. The van der Waals surface area contributed by atoms with Crippen LogP contribution in [-0.2, 0) is 6.42 Å². The lowest BCUT2D eigenvalue weighted by molar-refractivity contribution is 0.120. The molecule has 16 heavy (non-hydrogen) atoms. The smallest absolute Gasteiger partial charge is 0.0669 e. The van der Waals surface area contributed by atoms with Crippen molar-refractivity contribution in [3.8, 4) is 0 Å². The maximum atomic E-state index is 9.78. The van der Waals surface area contributed by atoms with E-state index in [2.05, 4.69) is 43.6 Å². The molecule has 1 unspecified atom stereocenters. The second kappa shape index (κ2) is 6.38. The van der Waals surface area contributed by atoms with Gasteiger partial charge in [0.1, 0.15) is 0 Å². The molecule has 0 aliphatic heterocycles. The van der Waals surface area contributed by atoms with Crippen LogP contribution in [0, 0.1) is 5.41 Å². The SMILES string of the molecule is CC(C)(C)CC(O)CNCCc1cccs1. The number of aliphatic hydroxyl groups is 1. The Morgan fingerprint density at radius 3 is 2.75 bits per heavy atom. The van der Waals surface area contributed by atoms with Crippen molar-refractivity contribution in [1.29, 1.82) is 0 Å². The van der Waals surface area contributed by atoms with Crippen LogP contribution in [0.25, 0.3) is 0 Å². The third-order valence-electron chi connectivity index (χ3n) is 2.36. The van der Waals surface area contributed by atoms with Crippen molar-refractivity contribution in [3.63, 3.8) is 0 Å². The Hall–Kier alpha value is -0.380. The number of rotatable bonds is 6. The molecule has 1 atom stereocenters. The summed E-state index contributed by atoms with van der Waals surface area (Å²) in [6.45, 7) is 8.11. The molecule has 0 bridgehead atoms. The molecule has 0 aromatic carbocycles. The summed E-state index contributed by atoms with van der Waals surface area (Å²) in [6.07, 6.45) is 1.67. The van der Waals surface area contributed by atoms with E-state index in [1.807, 2.05) is 0 Å². The Labute approximate surface area is 103 Å². The average molecular weight is 241 g/mol. The van der Waals surface area contributed by atoms with E-state index in [0.29, 0.717) is 6.54 Å². The standard InChI is InChI=1S/C13H23NOS/c1-13(2,3)9-11(15)10-14-7-6-12-5-4-8-16-12/h4-5,8,11,14-15H,6-7,9-10H2,1-3H3. The molecule has 0 aliphatic carbocycles. The molecule has 0 saturated carbocycles. The van der Waals surface area contributed by atoms with Gasteiger partial charge in [0.05, 0.1) is 6.10 Å². The van der Waals surface area contributed by atoms with Crippen molar-refractivity contribution in [1.82, 2.24) is 5.32 Å². The molecule has 1 heterocycles. The first-order valence-electron chi connectivity index (χ1n) is 5.88. The van der Waals surface area contributed by atoms with E-state index in [1.54, 1.807) is 11.3 Å². The zero-order valence-corrected chi connectivity index (χ0v) is 11.3. The summed E-state index contributed by atoms with van der Waals surface area (Å²) >= 11 is 1.79. The summed E-state index contributed by atoms with van der Waals surface area (Å²) in [5, 5.41) is 15.2. The van der Waals surface area contributed by atoms with Gasteiger partial charge in [-0.3, -0.25) is 0 Å². The molecule has 1 aromatic heterocycles. The first kappa shape index (κ1) is 13.7.